The van der Waals surface area contributed by atoms with E-state index >= 15 is 0 Å². The van der Waals surface area contributed by atoms with E-state index < -0.39 is 11.7 Å². The summed E-state index contributed by atoms with van der Waals surface area (Å²) >= 11 is 0. The molecule has 0 unspecified atom stereocenters. The molecule has 2 aromatic heterocycles. The van der Waals surface area contributed by atoms with Crippen LogP contribution in [0.3, 0.4) is 0 Å². The number of amides is 2. The maximum absolute atomic E-state index is 13.4. The molecule has 3 aromatic rings. The largest absolute Gasteiger partial charge is 0.476 e. The molecule has 40 heavy (non-hydrogen) atoms. The van der Waals surface area contributed by atoms with E-state index in [0.29, 0.717) is 23.7 Å². The lowest BCUT2D eigenvalue weighted by atomic mass is 9.85. The highest BCUT2D eigenvalue weighted by Crippen LogP contribution is 2.33. The second-order valence-corrected chi connectivity index (χ2v) is 11.2. The van der Waals surface area contributed by atoms with Gasteiger partial charge >= 0.3 is 0 Å². The van der Waals surface area contributed by atoms with Crippen molar-refractivity contribution in [2.75, 3.05) is 26.2 Å². The number of aromatic nitrogens is 3. The smallest absolute Gasteiger partial charge is 0.280 e. The summed E-state index contributed by atoms with van der Waals surface area (Å²) in [6.07, 6.45) is 8.52. The lowest BCUT2D eigenvalue weighted by Crippen LogP contribution is -2.38. The van der Waals surface area contributed by atoms with Crippen molar-refractivity contribution in [3.05, 3.63) is 53.5 Å². The molecule has 2 N–H and O–H groups in total. The van der Waals surface area contributed by atoms with Gasteiger partial charge in [0.25, 0.3) is 5.91 Å². The van der Waals surface area contributed by atoms with Gasteiger partial charge in [0.2, 0.25) is 17.4 Å². The van der Waals surface area contributed by atoms with E-state index in [2.05, 4.69) is 25.2 Å². The zero-order valence-corrected chi connectivity index (χ0v) is 23.4. The molecule has 0 atom stereocenters. The van der Waals surface area contributed by atoms with Crippen LogP contribution < -0.4 is 15.7 Å². The summed E-state index contributed by atoms with van der Waals surface area (Å²) in [5.41, 5.74) is 2.31. The maximum Gasteiger partial charge on any atom is 0.280 e. The van der Waals surface area contributed by atoms with Gasteiger partial charge in [-0.2, -0.15) is 4.99 Å². The molecule has 9 nitrogen and oxygen atoms in total. The minimum absolute atomic E-state index is 0.0268. The van der Waals surface area contributed by atoms with Gasteiger partial charge < -0.3 is 19.6 Å². The Bertz CT molecular complexity index is 1380. The molecule has 5 rings (SSSR count). The fourth-order valence-corrected chi connectivity index (χ4v) is 5.76. The number of H-pyrrole nitrogens is 1. The normalized spacial score (nSPS) is 20.6. The van der Waals surface area contributed by atoms with Gasteiger partial charge in [-0.05, 0) is 89.7 Å². The summed E-state index contributed by atoms with van der Waals surface area (Å²) in [5.74, 6) is -0.271. The third-order valence-electron chi connectivity index (χ3n) is 7.86. The number of halogens is 1. The van der Waals surface area contributed by atoms with Crippen LogP contribution in [0.5, 0.6) is 5.88 Å². The second kappa shape index (κ2) is 12.8. The first-order valence-electron chi connectivity index (χ1n) is 14.5. The molecule has 3 heterocycles. The number of likely N-dealkylation sites (tertiary alicyclic amines) is 1. The van der Waals surface area contributed by atoms with Crippen LogP contribution in [0.4, 0.5) is 4.39 Å². The number of carbonyl (C=O) groups excluding carboxylic acids is 2. The zero-order chi connectivity index (χ0) is 28.1. The molecule has 1 saturated carbocycles. The zero-order valence-electron chi connectivity index (χ0n) is 23.4. The summed E-state index contributed by atoms with van der Waals surface area (Å²) in [4.78, 5) is 40.2. The highest BCUT2D eigenvalue weighted by Gasteiger charge is 2.29. The van der Waals surface area contributed by atoms with Gasteiger partial charge in [-0.15, -0.1) is 0 Å². The number of fused-ring (bicyclic) bond motifs is 1. The number of hydrogen-bond acceptors (Lipinski definition) is 5. The van der Waals surface area contributed by atoms with Crippen LogP contribution >= 0.6 is 0 Å². The van der Waals surface area contributed by atoms with Crippen molar-refractivity contribution in [3.8, 4) is 5.88 Å². The highest BCUT2D eigenvalue weighted by atomic mass is 19.1. The van der Waals surface area contributed by atoms with Gasteiger partial charge in [0.05, 0.1) is 17.2 Å². The number of piperidine rings is 1. The van der Waals surface area contributed by atoms with Crippen LogP contribution in [0.15, 0.2) is 41.5 Å². The van der Waals surface area contributed by atoms with Crippen molar-refractivity contribution in [3.63, 3.8) is 0 Å². The Labute approximate surface area is 233 Å². The first kappa shape index (κ1) is 28.0. The Morgan fingerprint density at radius 3 is 2.55 bits per heavy atom. The topological polar surface area (TPSA) is 105 Å². The summed E-state index contributed by atoms with van der Waals surface area (Å²) < 4.78 is 21.5. The standard InChI is InChI=1S/C30H39FN6O3/c1-20(2)33-28(38)22-8-12-24(13-9-22)37-26-18-27(40-17-16-36-14-4-3-5-15-36)32-19-25(26)34-30(37)35-29(39)21-6-10-23(31)11-7-21/h6-7,10-11,18-20,22,24H,3-5,8-9,12-17H2,1-2H3,(H,33,38)(H,34,35,39)/t22-,24+. The number of hydrogen-bond donors (Lipinski definition) is 2. The van der Waals surface area contributed by atoms with Crippen LogP contribution in [0.25, 0.3) is 11.0 Å². The Morgan fingerprint density at radius 1 is 1.12 bits per heavy atom. The van der Waals surface area contributed by atoms with Gasteiger partial charge in [-0.1, -0.05) is 6.42 Å². The molecule has 2 fully saturated rings. The van der Waals surface area contributed by atoms with E-state index in [0.717, 1.165) is 56.4 Å². The molecule has 1 saturated heterocycles. The van der Waals surface area contributed by atoms with Gasteiger partial charge in [-0.25, -0.2) is 9.37 Å². The van der Waals surface area contributed by atoms with Gasteiger partial charge in [0.15, 0.2) is 0 Å². The molecule has 2 aliphatic rings. The Kier molecular flexibility index (Phi) is 8.94. The van der Waals surface area contributed by atoms with Crippen LogP contribution in [0.1, 0.15) is 75.2 Å². The van der Waals surface area contributed by atoms with Gasteiger partial charge in [-0.3, -0.25) is 14.5 Å². The lowest BCUT2D eigenvalue weighted by molar-refractivity contribution is -0.126. The average Bonchev–Trinajstić information content (AvgIpc) is 3.30. The van der Waals surface area contributed by atoms with Crippen LogP contribution in [-0.4, -0.2) is 63.5 Å². The molecule has 0 radical (unpaired) electrons. The first-order chi connectivity index (χ1) is 19.4. The number of imidazole rings is 1. The molecule has 1 aromatic carbocycles. The number of rotatable bonds is 8. The van der Waals surface area contributed by atoms with Crippen molar-refractivity contribution < 1.29 is 18.7 Å². The predicted octanol–water partition coefficient (Wildman–Crippen LogP) is 4.37. The van der Waals surface area contributed by atoms with E-state index in [1.54, 1.807) is 6.20 Å². The van der Waals surface area contributed by atoms with Crippen molar-refractivity contribution in [2.24, 2.45) is 10.9 Å². The summed E-state index contributed by atoms with van der Waals surface area (Å²) in [6.45, 7) is 7.58. The molecule has 1 aliphatic carbocycles. The summed E-state index contributed by atoms with van der Waals surface area (Å²) in [7, 11) is 0. The third kappa shape index (κ3) is 6.78. The SMILES string of the molecule is CC(C)NC(=O)[C@H]1CC[C@@H](n2c(=NC(=O)c3ccc(F)cc3)[nH]c3cnc(OCCN4CCCCC4)cc32)CC1. The maximum atomic E-state index is 13.4. The molecular weight excluding hydrogens is 511 g/mol. The lowest BCUT2D eigenvalue weighted by Gasteiger charge is -2.29. The second-order valence-electron chi connectivity index (χ2n) is 11.2. The molecule has 214 valence electrons. The van der Waals surface area contributed by atoms with Crippen molar-refractivity contribution >= 4 is 22.8 Å². The Hall–Kier alpha value is -3.53. The van der Waals surface area contributed by atoms with E-state index in [1.165, 1.54) is 43.5 Å². The van der Waals surface area contributed by atoms with Gasteiger partial charge in [0, 0.05) is 36.2 Å². The molecule has 0 bridgehead atoms. The average molecular weight is 551 g/mol. The van der Waals surface area contributed by atoms with Crippen LogP contribution in [-0.2, 0) is 4.79 Å². The third-order valence-corrected chi connectivity index (χ3v) is 7.86. The number of carbonyl (C=O) groups is 2. The Balaban J connectivity index is 1.41. The Morgan fingerprint density at radius 2 is 1.85 bits per heavy atom. The predicted molar refractivity (Wildman–Crippen MR) is 150 cm³/mol. The molecule has 0 spiro atoms. The minimum Gasteiger partial charge on any atom is -0.476 e. The highest BCUT2D eigenvalue weighted by molar-refractivity contribution is 5.94. The van der Waals surface area contributed by atoms with E-state index in [-0.39, 0.29) is 23.9 Å². The van der Waals surface area contributed by atoms with E-state index in [1.807, 2.05) is 24.5 Å². The van der Waals surface area contributed by atoms with Crippen LogP contribution in [0, 0.1) is 11.7 Å². The minimum atomic E-state index is -0.462. The first-order valence-corrected chi connectivity index (χ1v) is 14.5. The quantitative estimate of drug-likeness (QED) is 0.434. The number of nitrogens with one attached hydrogen (secondary N) is 2. The van der Waals surface area contributed by atoms with Crippen LogP contribution in [0.2, 0.25) is 0 Å². The van der Waals surface area contributed by atoms with Crippen molar-refractivity contribution in [2.45, 2.75) is 70.9 Å². The molecule has 2 amide bonds. The number of pyridine rings is 1. The van der Waals surface area contributed by atoms with Crippen molar-refractivity contribution in [1.82, 2.24) is 24.8 Å². The molecule has 10 heteroatoms. The van der Waals surface area contributed by atoms with E-state index in [4.69, 9.17) is 4.74 Å². The molecular formula is C30H39FN6O3. The molecule has 1 aliphatic heterocycles. The number of nitrogens with zero attached hydrogens (tertiary/aromatic N) is 4. The fourth-order valence-electron chi connectivity index (χ4n) is 5.76. The van der Waals surface area contributed by atoms with Crippen molar-refractivity contribution in [1.29, 1.82) is 0 Å². The summed E-state index contributed by atoms with van der Waals surface area (Å²) in [5, 5.41) is 3.03. The number of aromatic amines is 1. The monoisotopic (exact) mass is 550 g/mol. The number of benzene rings is 1. The number of ether oxygens (including phenoxy) is 1. The van der Waals surface area contributed by atoms with E-state index in [9.17, 15) is 14.0 Å². The fraction of sp³-hybridized carbons (Fsp3) is 0.533. The summed E-state index contributed by atoms with van der Waals surface area (Å²) in [6, 6.07) is 7.43. The van der Waals surface area contributed by atoms with Gasteiger partial charge in [0.1, 0.15) is 12.4 Å².